The largest absolute Gasteiger partial charge is 0.508 e. The second-order valence-electron chi connectivity index (χ2n) is 12.3. The lowest BCUT2D eigenvalue weighted by molar-refractivity contribution is -0.153. The van der Waals surface area contributed by atoms with E-state index < -0.39 is 69.7 Å². The van der Waals surface area contributed by atoms with E-state index in [2.05, 4.69) is 17.6 Å². The average Bonchev–Trinajstić information content (AvgIpc) is 2.93. The van der Waals surface area contributed by atoms with E-state index in [1.807, 2.05) is 0 Å². The zero-order chi connectivity index (χ0) is 32.7. The van der Waals surface area contributed by atoms with Gasteiger partial charge in [0.05, 0.1) is 23.8 Å². The number of ketones is 2. The van der Waals surface area contributed by atoms with Crippen LogP contribution in [0.15, 0.2) is 23.0 Å². The normalized spacial score (nSPS) is 24.7. The zero-order valence-electron chi connectivity index (χ0n) is 25.9. The van der Waals surface area contributed by atoms with Crippen molar-refractivity contribution in [2.24, 2.45) is 17.6 Å². The first-order valence-corrected chi connectivity index (χ1v) is 14.9. The minimum Gasteiger partial charge on any atom is -0.508 e. The molecule has 240 valence electrons. The molecular weight excluding hydrogens is 570 g/mol. The van der Waals surface area contributed by atoms with Crippen LogP contribution in [0.5, 0.6) is 5.75 Å². The summed E-state index contributed by atoms with van der Waals surface area (Å²) in [7, 11) is 6.61. The van der Waals surface area contributed by atoms with Crippen LogP contribution in [0.25, 0.3) is 5.76 Å². The number of phenols is 1. The summed E-state index contributed by atoms with van der Waals surface area (Å²) in [6.45, 7) is 2.78. The Morgan fingerprint density at radius 2 is 1.77 bits per heavy atom. The fourth-order valence-corrected chi connectivity index (χ4v) is 6.86. The van der Waals surface area contributed by atoms with E-state index in [1.54, 1.807) is 39.2 Å². The number of aromatic hydroxyl groups is 1. The quantitative estimate of drug-likeness (QED) is 0.107. The third-order valence-corrected chi connectivity index (χ3v) is 8.95. The van der Waals surface area contributed by atoms with Gasteiger partial charge in [0.2, 0.25) is 11.7 Å². The number of anilines is 2. The molecule has 2 amide bonds. The Labute approximate surface area is 256 Å². The highest BCUT2D eigenvalue weighted by molar-refractivity contribution is 6.24. The molecule has 4 atom stereocenters. The minimum absolute atomic E-state index is 0.00156. The molecule has 3 aliphatic rings. The molecule has 0 spiro atoms. The van der Waals surface area contributed by atoms with Crippen molar-refractivity contribution >= 4 is 40.5 Å². The molecule has 1 fully saturated rings. The van der Waals surface area contributed by atoms with Gasteiger partial charge >= 0.3 is 0 Å². The monoisotopic (exact) mass is 613 g/mol. The maximum Gasteiger partial charge on any atom is 0.255 e. The van der Waals surface area contributed by atoms with Crippen molar-refractivity contribution in [2.45, 2.75) is 57.1 Å². The van der Waals surface area contributed by atoms with Crippen molar-refractivity contribution in [3.63, 3.8) is 0 Å². The SMILES string of the molecule is CCCCCCNCC(=O)Nc1cc(N(C)C)c2c(c1O)C(O)=C1C(=O)[C@]3(O)C(O)=C(C(N)=O)C(=O)[C@@H](N(C)C)[C@@H]3C[C@@H]1C2. The number of unbranched alkanes of at least 4 members (excludes halogenated alkanes) is 3. The molecule has 1 aromatic carbocycles. The van der Waals surface area contributed by atoms with E-state index >= 15 is 0 Å². The highest BCUT2D eigenvalue weighted by atomic mass is 16.3. The Hall–Kier alpha value is -3.94. The van der Waals surface area contributed by atoms with Crippen LogP contribution in [-0.2, 0) is 25.6 Å². The summed E-state index contributed by atoms with van der Waals surface area (Å²) in [6.07, 6.45) is 4.32. The van der Waals surface area contributed by atoms with Gasteiger partial charge in [-0.15, -0.1) is 0 Å². The molecule has 1 saturated carbocycles. The molecule has 13 nitrogen and oxygen atoms in total. The van der Waals surface area contributed by atoms with Crippen LogP contribution in [0.1, 0.15) is 50.2 Å². The molecule has 8 N–H and O–H groups in total. The number of hydrogen-bond acceptors (Lipinski definition) is 11. The van der Waals surface area contributed by atoms with E-state index in [0.717, 1.165) is 25.7 Å². The third-order valence-electron chi connectivity index (χ3n) is 8.95. The van der Waals surface area contributed by atoms with Gasteiger partial charge < -0.3 is 41.7 Å². The molecule has 0 saturated heterocycles. The Balaban J connectivity index is 1.77. The number of phenolic OH excluding ortho intramolecular Hbond substituents is 1. The molecule has 0 heterocycles. The van der Waals surface area contributed by atoms with Gasteiger partial charge in [-0.25, -0.2) is 0 Å². The Morgan fingerprint density at radius 3 is 2.36 bits per heavy atom. The summed E-state index contributed by atoms with van der Waals surface area (Å²) in [5.41, 5.74) is 2.54. The van der Waals surface area contributed by atoms with E-state index in [9.17, 15) is 39.6 Å². The van der Waals surface area contributed by atoms with Crippen molar-refractivity contribution in [1.29, 1.82) is 0 Å². The van der Waals surface area contributed by atoms with Gasteiger partial charge in [-0.1, -0.05) is 26.2 Å². The Bertz CT molecular complexity index is 1450. The maximum absolute atomic E-state index is 14.1. The van der Waals surface area contributed by atoms with Crippen LogP contribution in [0.3, 0.4) is 0 Å². The van der Waals surface area contributed by atoms with E-state index in [0.29, 0.717) is 17.8 Å². The van der Waals surface area contributed by atoms with Crippen molar-refractivity contribution in [3.05, 3.63) is 34.1 Å². The number of benzene rings is 1. The Morgan fingerprint density at radius 1 is 1.09 bits per heavy atom. The minimum atomic E-state index is -2.72. The summed E-state index contributed by atoms with van der Waals surface area (Å²) in [4.78, 5) is 55.5. The second kappa shape index (κ2) is 12.6. The van der Waals surface area contributed by atoms with E-state index in [4.69, 9.17) is 5.73 Å². The molecule has 13 heteroatoms. The number of carbonyl (C=O) groups is 4. The molecule has 0 aliphatic heterocycles. The smallest absolute Gasteiger partial charge is 0.255 e. The number of aliphatic hydroxyl groups is 3. The van der Waals surface area contributed by atoms with Gasteiger partial charge in [0.1, 0.15) is 22.8 Å². The van der Waals surface area contributed by atoms with Crippen molar-refractivity contribution < 1.29 is 39.6 Å². The molecule has 0 radical (unpaired) electrons. The van der Waals surface area contributed by atoms with Gasteiger partial charge in [-0.05, 0) is 57.5 Å². The number of Topliss-reactive ketones (excluding diaryl/α,β-unsaturated/α-hetero) is 2. The molecule has 4 rings (SSSR count). The summed E-state index contributed by atoms with van der Waals surface area (Å²) >= 11 is 0. The van der Waals surface area contributed by atoms with Crippen LogP contribution in [-0.4, -0.2) is 102 Å². The maximum atomic E-state index is 14.1. The first kappa shape index (κ1) is 33.0. The fourth-order valence-electron chi connectivity index (χ4n) is 6.86. The van der Waals surface area contributed by atoms with Crippen molar-refractivity contribution in [3.8, 4) is 5.75 Å². The lowest BCUT2D eigenvalue weighted by atomic mass is 9.57. The molecule has 0 aromatic heterocycles. The predicted octanol–water partition coefficient (Wildman–Crippen LogP) is 1.14. The predicted molar refractivity (Wildman–Crippen MR) is 164 cm³/mol. The lowest BCUT2D eigenvalue weighted by Gasteiger charge is -2.50. The van der Waals surface area contributed by atoms with Crippen molar-refractivity contribution in [2.75, 3.05) is 51.5 Å². The number of carbonyl (C=O) groups excluding carboxylic acids is 4. The van der Waals surface area contributed by atoms with Crippen LogP contribution in [0, 0.1) is 11.8 Å². The van der Waals surface area contributed by atoms with Crippen molar-refractivity contribution in [1.82, 2.24) is 10.2 Å². The number of nitrogens with zero attached hydrogens (tertiary/aromatic N) is 2. The topological polar surface area (TPSA) is 206 Å². The second-order valence-corrected chi connectivity index (χ2v) is 12.3. The zero-order valence-corrected chi connectivity index (χ0v) is 25.9. The first-order valence-electron chi connectivity index (χ1n) is 14.9. The summed E-state index contributed by atoms with van der Waals surface area (Å²) < 4.78 is 0. The molecule has 3 aliphatic carbocycles. The molecular formula is C31H43N5O8. The van der Waals surface area contributed by atoms with Gasteiger partial charge in [0.25, 0.3) is 5.91 Å². The number of nitrogens with two attached hydrogens (primary N) is 1. The molecule has 0 unspecified atom stereocenters. The number of amides is 2. The first-order chi connectivity index (χ1) is 20.7. The number of likely N-dealkylation sites (N-methyl/N-ethyl adjacent to an activating group) is 1. The summed E-state index contributed by atoms with van der Waals surface area (Å²) in [5, 5.41) is 51.5. The molecule has 0 bridgehead atoms. The van der Waals surface area contributed by atoms with Crippen LogP contribution < -0.4 is 21.3 Å². The van der Waals surface area contributed by atoms with Crippen LogP contribution in [0.2, 0.25) is 0 Å². The van der Waals surface area contributed by atoms with E-state index in [-0.39, 0.29) is 36.2 Å². The lowest BCUT2D eigenvalue weighted by Crippen LogP contribution is -2.65. The number of rotatable bonds is 11. The average molecular weight is 614 g/mol. The van der Waals surface area contributed by atoms with Crippen LogP contribution >= 0.6 is 0 Å². The number of nitrogens with one attached hydrogen (secondary N) is 2. The standard InChI is InChI=1S/C31H43N5O8/c1-6-7-8-9-10-33-14-20(37)34-18-13-19(35(2)3)16-11-15-12-17-24(36(4)5)27(40)23(30(32)43)29(42)31(17,44)28(41)21(15)26(39)22(16)25(18)38/h13,15,17,24,33,38-39,42,44H,6-12,14H2,1-5H3,(H2,32,43)(H,34,37)/t15-,17-,24-,31-/m0/s1. The third kappa shape index (κ3) is 5.44. The number of fused-ring (bicyclic) bond motifs is 3. The molecule has 44 heavy (non-hydrogen) atoms. The van der Waals surface area contributed by atoms with E-state index in [1.165, 1.54) is 4.90 Å². The fraction of sp³-hybridized carbons (Fsp3) is 0.548. The number of primary amides is 1. The van der Waals surface area contributed by atoms with Gasteiger partial charge in [-0.2, -0.15) is 0 Å². The van der Waals surface area contributed by atoms with Crippen LogP contribution in [0.4, 0.5) is 11.4 Å². The van der Waals surface area contributed by atoms with Gasteiger partial charge in [-0.3, -0.25) is 24.1 Å². The number of aliphatic hydroxyl groups excluding tert-OH is 2. The Kier molecular flexibility index (Phi) is 9.43. The highest BCUT2D eigenvalue weighted by Gasteiger charge is 2.64. The molecule has 1 aromatic rings. The highest BCUT2D eigenvalue weighted by Crippen LogP contribution is 2.54. The number of hydrogen-bond donors (Lipinski definition) is 7. The van der Waals surface area contributed by atoms with Gasteiger partial charge in [0.15, 0.2) is 11.4 Å². The summed E-state index contributed by atoms with van der Waals surface area (Å²) in [6, 6.07) is 0.430. The summed E-state index contributed by atoms with van der Waals surface area (Å²) in [5.74, 6) is -7.69. The van der Waals surface area contributed by atoms with Gasteiger partial charge in [0, 0.05) is 31.3 Å².